The van der Waals surface area contributed by atoms with Gasteiger partial charge < -0.3 is 9.84 Å². The van der Waals surface area contributed by atoms with Crippen molar-refractivity contribution in [1.29, 1.82) is 0 Å². The number of anilines is 1. The maximum Gasteiger partial charge on any atom is 0.280 e. The number of H-pyrrole nitrogens is 1. The molecule has 1 amide bonds. The average Bonchev–Trinajstić information content (AvgIpc) is 3.10. The normalized spacial score (nSPS) is 24.0. The zero-order chi connectivity index (χ0) is 17.4. The van der Waals surface area contributed by atoms with Gasteiger partial charge in [-0.15, -0.1) is 0 Å². The number of imidazole rings is 1. The van der Waals surface area contributed by atoms with Crippen LogP contribution in [0.1, 0.15) is 39.8 Å². The van der Waals surface area contributed by atoms with Gasteiger partial charge in [0.15, 0.2) is 11.2 Å². The number of aromatic amines is 1. The summed E-state index contributed by atoms with van der Waals surface area (Å²) in [4.78, 5) is 34.8. The second kappa shape index (κ2) is 6.33. The second-order valence-electron chi connectivity index (χ2n) is 6.22. The van der Waals surface area contributed by atoms with Crippen molar-refractivity contribution in [2.24, 2.45) is 5.92 Å². The van der Waals surface area contributed by atoms with Crippen LogP contribution in [0.4, 0.5) is 5.95 Å². The number of aliphatic hydroxyl groups is 1. The van der Waals surface area contributed by atoms with Gasteiger partial charge in [0.25, 0.3) is 5.56 Å². The SMILES string of the molecule is CC[C@H]1O[C@@H](n2cnc3c(=O)[nH]c(NC(=O)C(C)C)nc32)C[C@@H]1O. The first-order valence-electron chi connectivity index (χ1n) is 8.02. The molecule has 0 aromatic carbocycles. The molecule has 130 valence electrons. The van der Waals surface area contributed by atoms with Gasteiger partial charge in [-0.1, -0.05) is 20.8 Å². The molecular weight excluding hydrogens is 314 g/mol. The second-order valence-corrected chi connectivity index (χ2v) is 6.22. The van der Waals surface area contributed by atoms with E-state index in [-0.39, 0.29) is 29.4 Å². The number of aliphatic hydroxyl groups excluding tert-OH is 1. The summed E-state index contributed by atoms with van der Waals surface area (Å²) in [5.74, 6) is -0.421. The van der Waals surface area contributed by atoms with Crippen molar-refractivity contribution in [3.63, 3.8) is 0 Å². The number of hydrogen-bond donors (Lipinski definition) is 3. The average molecular weight is 335 g/mol. The van der Waals surface area contributed by atoms with Gasteiger partial charge >= 0.3 is 0 Å². The molecule has 0 unspecified atom stereocenters. The smallest absolute Gasteiger partial charge is 0.280 e. The maximum atomic E-state index is 12.2. The standard InChI is InChI=1S/C15H21N5O4/c1-4-9-8(21)5-10(24-9)20-6-16-11-12(20)17-15(19-14(11)23)18-13(22)7(2)3/h6-10,21H,4-5H2,1-3H3,(H2,17,18,19,22,23)/t8-,9+,10+/m0/s1. The van der Waals surface area contributed by atoms with Gasteiger partial charge in [0.1, 0.15) is 6.23 Å². The van der Waals surface area contributed by atoms with Crippen LogP contribution in [-0.4, -0.2) is 42.7 Å². The number of fused-ring (bicyclic) bond motifs is 1. The number of hydrogen-bond acceptors (Lipinski definition) is 6. The molecule has 0 bridgehead atoms. The monoisotopic (exact) mass is 335 g/mol. The number of nitrogens with one attached hydrogen (secondary N) is 2. The van der Waals surface area contributed by atoms with Crippen LogP contribution >= 0.6 is 0 Å². The highest BCUT2D eigenvalue weighted by atomic mass is 16.5. The van der Waals surface area contributed by atoms with Gasteiger partial charge in [-0.3, -0.25) is 24.5 Å². The lowest BCUT2D eigenvalue weighted by Crippen LogP contribution is -2.22. The van der Waals surface area contributed by atoms with Gasteiger partial charge in [0, 0.05) is 12.3 Å². The van der Waals surface area contributed by atoms with Gasteiger partial charge in [0.2, 0.25) is 11.9 Å². The first-order chi connectivity index (χ1) is 11.4. The van der Waals surface area contributed by atoms with Crippen molar-refractivity contribution < 1.29 is 14.6 Å². The van der Waals surface area contributed by atoms with Crippen molar-refractivity contribution in [2.45, 2.75) is 52.0 Å². The van der Waals surface area contributed by atoms with Crippen LogP contribution in [0.15, 0.2) is 11.1 Å². The van der Waals surface area contributed by atoms with Gasteiger partial charge in [-0.05, 0) is 6.42 Å². The van der Waals surface area contributed by atoms with E-state index in [2.05, 4.69) is 20.3 Å². The van der Waals surface area contributed by atoms with Crippen LogP contribution in [0.5, 0.6) is 0 Å². The third kappa shape index (κ3) is 2.92. The first kappa shape index (κ1) is 16.6. The number of carbonyl (C=O) groups is 1. The summed E-state index contributed by atoms with van der Waals surface area (Å²) in [6, 6.07) is 0. The fraction of sp³-hybridized carbons (Fsp3) is 0.600. The van der Waals surface area contributed by atoms with E-state index >= 15 is 0 Å². The molecule has 3 N–H and O–H groups in total. The molecule has 9 nitrogen and oxygen atoms in total. The van der Waals surface area contributed by atoms with Gasteiger partial charge in [-0.2, -0.15) is 4.98 Å². The number of ether oxygens (including phenoxy) is 1. The molecular formula is C15H21N5O4. The van der Waals surface area contributed by atoms with Crippen molar-refractivity contribution >= 4 is 23.0 Å². The molecule has 1 aliphatic heterocycles. The molecule has 2 aromatic heterocycles. The Labute approximate surface area is 138 Å². The van der Waals surface area contributed by atoms with Crippen LogP contribution in [0.2, 0.25) is 0 Å². The third-order valence-corrected chi connectivity index (χ3v) is 4.12. The quantitative estimate of drug-likeness (QED) is 0.758. The van der Waals surface area contributed by atoms with Crippen LogP contribution in [0.25, 0.3) is 11.2 Å². The molecule has 1 aliphatic rings. The van der Waals surface area contributed by atoms with E-state index in [1.807, 2.05) is 6.92 Å². The molecule has 0 saturated carbocycles. The summed E-state index contributed by atoms with van der Waals surface area (Å²) < 4.78 is 7.43. The lowest BCUT2D eigenvalue weighted by atomic mass is 10.1. The summed E-state index contributed by atoms with van der Waals surface area (Å²) in [6.45, 7) is 5.43. The number of rotatable bonds is 4. The van der Waals surface area contributed by atoms with E-state index in [1.165, 1.54) is 6.33 Å². The number of carbonyl (C=O) groups excluding carboxylic acids is 1. The Morgan fingerprint density at radius 1 is 1.58 bits per heavy atom. The van der Waals surface area contributed by atoms with Crippen LogP contribution in [-0.2, 0) is 9.53 Å². The molecule has 0 radical (unpaired) electrons. The molecule has 3 atom stereocenters. The fourth-order valence-electron chi connectivity index (χ4n) is 2.71. The van der Waals surface area contributed by atoms with E-state index in [4.69, 9.17) is 4.74 Å². The molecule has 2 aromatic rings. The van der Waals surface area contributed by atoms with E-state index in [0.717, 1.165) is 0 Å². The molecule has 0 spiro atoms. The topological polar surface area (TPSA) is 122 Å². The predicted octanol–water partition coefficient (Wildman–Crippen LogP) is 0.772. The maximum absolute atomic E-state index is 12.2. The summed E-state index contributed by atoms with van der Waals surface area (Å²) >= 11 is 0. The Kier molecular flexibility index (Phi) is 4.37. The van der Waals surface area contributed by atoms with E-state index < -0.39 is 17.9 Å². The highest BCUT2D eigenvalue weighted by Gasteiger charge is 2.34. The minimum atomic E-state index is -0.570. The minimum Gasteiger partial charge on any atom is -0.390 e. The van der Waals surface area contributed by atoms with Crippen LogP contribution in [0.3, 0.4) is 0 Å². The zero-order valence-electron chi connectivity index (χ0n) is 13.8. The minimum absolute atomic E-state index is 0.0681. The zero-order valence-corrected chi connectivity index (χ0v) is 13.8. The Morgan fingerprint density at radius 3 is 2.96 bits per heavy atom. The predicted molar refractivity (Wildman–Crippen MR) is 86.4 cm³/mol. The van der Waals surface area contributed by atoms with Crippen LogP contribution in [0, 0.1) is 5.92 Å². The van der Waals surface area contributed by atoms with Gasteiger partial charge in [0.05, 0.1) is 18.5 Å². The molecule has 3 heterocycles. The highest BCUT2D eigenvalue weighted by molar-refractivity contribution is 5.91. The summed E-state index contributed by atoms with van der Waals surface area (Å²) in [5, 5.41) is 12.6. The molecule has 3 rings (SSSR count). The van der Waals surface area contributed by atoms with Crippen molar-refractivity contribution in [2.75, 3.05) is 5.32 Å². The first-order valence-corrected chi connectivity index (χ1v) is 8.02. The number of nitrogens with zero attached hydrogens (tertiary/aromatic N) is 3. The van der Waals surface area contributed by atoms with Crippen molar-refractivity contribution in [3.05, 3.63) is 16.7 Å². The summed E-state index contributed by atoms with van der Waals surface area (Å²) in [5.41, 5.74) is 0.0331. The Hall–Kier alpha value is -2.26. The molecule has 24 heavy (non-hydrogen) atoms. The van der Waals surface area contributed by atoms with E-state index in [1.54, 1.807) is 18.4 Å². The lowest BCUT2D eigenvalue weighted by molar-refractivity contribution is -0.118. The van der Waals surface area contributed by atoms with Crippen LogP contribution < -0.4 is 10.9 Å². The van der Waals surface area contributed by atoms with Crippen molar-refractivity contribution in [1.82, 2.24) is 19.5 Å². The molecule has 9 heteroatoms. The fourth-order valence-corrected chi connectivity index (χ4v) is 2.71. The molecule has 0 aliphatic carbocycles. The number of aromatic nitrogens is 4. The molecule has 1 saturated heterocycles. The van der Waals surface area contributed by atoms with Crippen molar-refractivity contribution in [3.8, 4) is 0 Å². The number of amides is 1. The van der Waals surface area contributed by atoms with Gasteiger partial charge in [-0.25, -0.2) is 4.98 Å². The van der Waals surface area contributed by atoms with E-state index in [0.29, 0.717) is 18.5 Å². The Bertz CT molecular complexity index is 812. The highest BCUT2D eigenvalue weighted by Crippen LogP contribution is 2.31. The Balaban J connectivity index is 1.97. The summed E-state index contributed by atoms with van der Waals surface area (Å²) in [6.07, 6.45) is 1.28. The third-order valence-electron chi connectivity index (χ3n) is 4.12. The Morgan fingerprint density at radius 2 is 2.33 bits per heavy atom. The molecule has 1 fully saturated rings. The largest absolute Gasteiger partial charge is 0.390 e. The lowest BCUT2D eigenvalue weighted by Gasteiger charge is -2.14. The summed E-state index contributed by atoms with van der Waals surface area (Å²) in [7, 11) is 0. The van der Waals surface area contributed by atoms with E-state index in [9.17, 15) is 14.7 Å².